The summed E-state index contributed by atoms with van der Waals surface area (Å²) in [7, 11) is 0. The van der Waals surface area contributed by atoms with Crippen LogP contribution in [-0.4, -0.2) is 36.5 Å². The van der Waals surface area contributed by atoms with Gasteiger partial charge < -0.3 is 9.64 Å². The van der Waals surface area contributed by atoms with E-state index in [1.54, 1.807) is 4.90 Å². The predicted octanol–water partition coefficient (Wildman–Crippen LogP) is 5.53. The van der Waals surface area contributed by atoms with E-state index < -0.39 is 0 Å². The van der Waals surface area contributed by atoms with Gasteiger partial charge in [0.25, 0.3) is 0 Å². The minimum absolute atomic E-state index is 0.0443. The van der Waals surface area contributed by atoms with Crippen LogP contribution in [0.25, 0.3) is 11.1 Å². The molecule has 0 radical (unpaired) electrons. The monoisotopic (exact) mass is 411 g/mol. The number of hydrogen-bond acceptors (Lipinski definition) is 3. The lowest BCUT2D eigenvalue weighted by Crippen LogP contribution is -2.43. The Morgan fingerprint density at radius 1 is 0.839 bits per heavy atom. The maximum Gasteiger partial charge on any atom is 0.409 e. The number of ketones is 1. The fourth-order valence-corrected chi connectivity index (χ4v) is 4.88. The van der Waals surface area contributed by atoms with Crippen molar-refractivity contribution in [1.29, 1.82) is 0 Å². The lowest BCUT2D eigenvalue weighted by atomic mass is 9.90. The van der Waals surface area contributed by atoms with Gasteiger partial charge in [-0.05, 0) is 35.1 Å². The molecule has 156 valence electrons. The summed E-state index contributed by atoms with van der Waals surface area (Å²) in [5, 5.41) is 0. The Labute approximate surface area is 182 Å². The SMILES string of the molecule is O=C(c1ccccc1)C1CCCN(C(=O)OCC2c3ccccc3-c3ccccc32)C1. The highest BCUT2D eigenvalue weighted by atomic mass is 16.6. The highest BCUT2D eigenvalue weighted by Crippen LogP contribution is 2.44. The number of fused-ring (bicyclic) bond motifs is 3. The molecular formula is C27H25NO3. The number of amides is 1. The summed E-state index contributed by atoms with van der Waals surface area (Å²) in [6, 6.07) is 26.0. The molecule has 3 aromatic carbocycles. The number of ether oxygens (including phenoxy) is 1. The Kier molecular flexibility index (Phi) is 5.29. The number of hydrogen-bond donors (Lipinski definition) is 0. The van der Waals surface area contributed by atoms with Crippen LogP contribution in [0.2, 0.25) is 0 Å². The average Bonchev–Trinajstić information content (AvgIpc) is 3.16. The van der Waals surface area contributed by atoms with Gasteiger partial charge in [-0.1, -0.05) is 78.9 Å². The quantitative estimate of drug-likeness (QED) is 0.530. The number of carbonyl (C=O) groups is 2. The van der Waals surface area contributed by atoms with E-state index in [2.05, 4.69) is 24.3 Å². The fraction of sp³-hybridized carbons (Fsp3) is 0.259. The summed E-state index contributed by atoms with van der Waals surface area (Å²) in [4.78, 5) is 27.4. The van der Waals surface area contributed by atoms with Crippen LogP contribution in [0.3, 0.4) is 0 Å². The molecule has 0 saturated carbocycles. The standard InChI is InChI=1S/C27H25NO3/c29-26(19-9-2-1-3-10-19)20-11-8-16-28(17-20)27(30)31-18-25-23-14-6-4-12-21(23)22-13-5-7-15-24(22)25/h1-7,9-10,12-15,20,25H,8,11,16-18H2. The second kappa shape index (κ2) is 8.38. The molecule has 3 aromatic rings. The van der Waals surface area contributed by atoms with Gasteiger partial charge in [-0.25, -0.2) is 4.79 Å². The van der Waals surface area contributed by atoms with E-state index >= 15 is 0 Å². The van der Waals surface area contributed by atoms with E-state index in [-0.39, 0.29) is 23.7 Å². The minimum atomic E-state index is -0.326. The van der Waals surface area contributed by atoms with Crippen LogP contribution >= 0.6 is 0 Å². The summed E-state index contributed by atoms with van der Waals surface area (Å²) in [5.74, 6) is -0.0173. The Balaban J connectivity index is 1.26. The van der Waals surface area contributed by atoms with Crippen molar-refractivity contribution < 1.29 is 14.3 Å². The van der Waals surface area contributed by atoms with E-state index in [0.717, 1.165) is 12.8 Å². The van der Waals surface area contributed by atoms with Crippen LogP contribution in [0.15, 0.2) is 78.9 Å². The molecule has 0 bridgehead atoms. The number of benzene rings is 3. The molecule has 1 saturated heterocycles. The van der Waals surface area contributed by atoms with Crippen LogP contribution in [0.1, 0.15) is 40.2 Å². The number of likely N-dealkylation sites (tertiary alicyclic amines) is 1. The van der Waals surface area contributed by atoms with Crippen molar-refractivity contribution in [1.82, 2.24) is 4.90 Å². The van der Waals surface area contributed by atoms with Crippen molar-refractivity contribution in [2.75, 3.05) is 19.7 Å². The van der Waals surface area contributed by atoms with Crippen LogP contribution in [0.4, 0.5) is 4.79 Å². The van der Waals surface area contributed by atoms with Crippen molar-refractivity contribution in [3.63, 3.8) is 0 Å². The zero-order chi connectivity index (χ0) is 21.2. The first kappa shape index (κ1) is 19.6. The third-order valence-electron chi connectivity index (χ3n) is 6.44. The molecule has 0 spiro atoms. The normalized spacial score (nSPS) is 17.7. The molecule has 1 aliphatic carbocycles. The second-order valence-corrected chi connectivity index (χ2v) is 8.32. The van der Waals surface area contributed by atoms with Crippen molar-refractivity contribution in [3.05, 3.63) is 95.6 Å². The molecule has 2 aliphatic rings. The first-order valence-electron chi connectivity index (χ1n) is 10.9. The van der Waals surface area contributed by atoms with Gasteiger partial charge in [0, 0.05) is 30.5 Å². The molecule has 1 fully saturated rings. The zero-order valence-corrected chi connectivity index (χ0v) is 17.4. The molecule has 1 unspecified atom stereocenters. The molecule has 1 heterocycles. The topological polar surface area (TPSA) is 46.6 Å². The fourth-order valence-electron chi connectivity index (χ4n) is 4.88. The molecule has 0 aromatic heterocycles. The smallest absolute Gasteiger partial charge is 0.409 e. The molecule has 1 atom stereocenters. The molecule has 4 nitrogen and oxygen atoms in total. The average molecular weight is 412 g/mol. The minimum Gasteiger partial charge on any atom is -0.448 e. The summed E-state index contributed by atoms with van der Waals surface area (Å²) in [6.07, 6.45) is 1.29. The van der Waals surface area contributed by atoms with Crippen LogP contribution in [0.5, 0.6) is 0 Å². The summed E-state index contributed by atoms with van der Waals surface area (Å²) in [6.45, 7) is 1.36. The van der Waals surface area contributed by atoms with Gasteiger partial charge in [-0.15, -0.1) is 0 Å². The number of nitrogens with zero attached hydrogens (tertiary/aromatic N) is 1. The van der Waals surface area contributed by atoms with Crippen LogP contribution in [-0.2, 0) is 4.74 Å². The number of piperidine rings is 1. The molecule has 1 amide bonds. The lowest BCUT2D eigenvalue weighted by molar-refractivity contribution is 0.0704. The van der Waals surface area contributed by atoms with E-state index in [1.165, 1.54) is 22.3 Å². The van der Waals surface area contributed by atoms with Crippen molar-refractivity contribution in [2.24, 2.45) is 5.92 Å². The van der Waals surface area contributed by atoms with Crippen molar-refractivity contribution in [3.8, 4) is 11.1 Å². The van der Waals surface area contributed by atoms with Crippen molar-refractivity contribution >= 4 is 11.9 Å². The lowest BCUT2D eigenvalue weighted by Gasteiger charge is -2.31. The molecule has 5 rings (SSSR count). The number of carbonyl (C=O) groups excluding carboxylic acids is 2. The molecule has 0 N–H and O–H groups in total. The van der Waals surface area contributed by atoms with Gasteiger partial charge in [-0.3, -0.25) is 4.79 Å². The number of rotatable bonds is 4. The highest BCUT2D eigenvalue weighted by Gasteiger charge is 2.32. The largest absolute Gasteiger partial charge is 0.448 e. The third kappa shape index (κ3) is 3.74. The highest BCUT2D eigenvalue weighted by molar-refractivity contribution is 5.98. The van der Waals surface area contributed by atoms with Gasteiger partial charge >= 0.3 is 6.09 Å². The van der Waals surface area contributed by atoms with Gasteiger partial charge in [0.15, 0.2) is 5.78 Å². The zero-order valence-electron chi connectivity index (χ0n) is 17.4. The Hall–Kier alpha value is -3.40. The van der Waals surface area contributed by atoms with Crippen LogP contribution in [0, 0.1) is 5.92 Å². The number of Topliss-reactive ketones (excluding diaryl/α,β-unsaturated/α-hetero) is 1. The summed E-state index contributed by atoms with van der Waals surface area (Å²) >= 11 is 0. The van der Waals surface area contributed by atoms with E-state index in [4.69, 9.17) is 4.74 Å². The molecular weight excluding hydrogens is 386 g/mol. The Bertz CT molecular complexity index is 1060. The molecule has 1 aliphatic heterocycles. The summed E-state index contributed by atoms with van der Waals surface area (Å²) < 4.78 is 5.79. The molecule has 4 heteroatoms. The van der Waals surface area contributed by atoms with Gasteiger partial charge in [0.2, 0.25) is 0 Å². The maximum atomic E-state index is 12.9. The van der Waals surface area contributed by atoms with Crippen molar-refractivity contribution in [2.45, 2.75) is 18.8 Å². The molecule has 31 heavy (non-hydrogen) atoms. The van der Waals surface area contributed by atoms with Gasteiger partial charge in [0.05, 0.1) is 0 Å². The van der Waals surface area contributed by atoms with Gasteiger partial charge in [-0.2, -0.15) is 0 Å². The van der Waals surface area contributed by atoms with Crippen LogP contribution < -0.4 is 0 Å². The first-order chi connectivity index (χ1) is 15.2. The van der Waals surface area contributed by atoms with E-state index in [9.17, 15) is 9.59 Å². The maximum absolute atomic E-state index is 12.9. The van der Waals surface area contributed by atoms with E-state index in [1.807, 2.05) is 54.6 Å². The Morgan fingerprint density at radius 3 is 2.13 bits per heavy atom. The van der Waals surface area contributed by atoms with E-state index in [0.29, 0.717) is 25.3 Å². The predicted molar refractivity (Wildman–Crippen MR) is 120 cm³/mol. The summed E-state index contributed by atoms with van der Waals surface area (Å²) in [5.41, 5.74) is 5.54. The first-order valence-corrected chi connectivity index (χ1v) is 10.9. The third-order valence-corrected chi connectivity index (χ3v) is 6.44. The second-order valence-electron chi connectivity index (χ2n) is 8.32. The van der Waals surface area contributed by atoms with Gasteiger partial charge in [0.1, 0.15) is 6.61 Å². The Morgan fingerprint density at radius 2 is 1.45 bits per heavy atom.